The van der Waals surface area contributed by atoms with Gasteiger partial charge >= 0.3 is 0 Å². The van der Waals surface area contributed by atoms with Crippen molar-refractivity contribution in [2.45, 2.75) is 18.6 Å². The van der Waals surface area contributed by atoms with Gasteiger partial charge in [0.25, 0.3) is 0 Å². The number of hydrogen-bond acceptors (Lipinski definition) is 4. The maximum atomic E-state index is 12.6. The van der Waals surface area contributed by atoms with Crippen LogP contribution in [0.15, 0.2) is 47.9 Å². The van der Waals surface area contributed by atoms with Crippen molar-refractivity contribution in [1.82, 2.24) is 4.90 Å². The minimum absolute atomic E-state index is 0.0772. The van der Waals surface area contributed by atoms with Crippen molar-refractivity contribution >= 4 is 34.9 Å². The Morgan fingerprint density at radius 2 is 2.32 bits per heavy atom. The minimum atomic E-state index is -0.584. The summed E-state index contributed by atoms with van der Waals surface area (Å²) >= 11 is 7.48. The number of benzene rings is 1. The zero-order chi connectivity index (χ0) is 17.6. The second kappa shape index (κ2) is 8.63. The molecular formula is C19H20ClNO3S. The van der Waals surface area contributed by atoms with E-state index in [0.717, 1.165) is 10.4 Å². The Hall–Kier alpha value is -1.66. The molecule has 1 aliphatic heterocycles. The van der Waals surface area contributed by atoms with E-state index < -0.39 is 6.10 Å². The van der Waals surface area contributed by atoms with Gasteiger partial charge in [-0.25, -0.2) is 0 Å². The molecule has 1 amide bonds. The second-order valence-corrected chi connectivity index (χ2v) is 7.33. The third-order valence-electron chi connectivity index (χ3n) is 4.14. The number of amides is 1. The maximum Gasteiger partial charge on any atom is 0.246 e. The molecule has 0 aliphatic carbocycles. The van der Waals surface area contributed by atoms with Crippen molar-refractivity contribution < 1.29 is 14.6 Å². The normalized spacial score (nSPS) is 19.3. The van der Waals surface area contributed by atoms with Crippen molar-refractivity contribution in [1.29, 1.82) is 0 Å². The summed E-state index contributed by atoms with van der Waals surface area (Å²) in [4.78, 5) is 15.3. The van der Waals surface area contributed by atoms with Gasteiger partial charge in [0.2, 0.25) is 5.91 Å². The van der Waals surface area contributed by atoms with Gasteiger partial charge in [-0.05, 0) is 35.2 Å². The quantitative estimate of drug-likeness (QED) is 0.807. The van der Waals surface area contributed by atoms with Gasteiger partial charge in [-0.2, -0.15) is 0 Å². The maximum absolute atomic E-state index is 12.6. The van der Waals surface area contributed by atoms with Gasteiger partial charge in [-0.1, -0.05) is 29.8 Å². The van der Waals surface area contributed by atoms with E-state index in [2.05, 4.69) is 0 Å². The largest absolute Gasteiger partial charge is 0.387 e. The Bertz CT molecular complexity index is 732. The van der Waals surface area contributed by atoms with Crippen LogP contribution in [0.2, 0.25) is 5.02 Å². The summed E-state index contributed by atoms with van der Waals surface area (Å²) in [5.74, 6) is -0.0772. The molecule has 1 aromatic heterocycles. The number of hydrogen-bond donors (Lipinski definition) is 1. The summed E-state index contributed by atoms with van der Waals surface area (Å²) < 4.78 is 5.52. The number of aliphatic hydroxyl groups is 1. The molecule has 0 saturated carbocycles. The third-order valence-corrected chi connectivity index (χ3v) is 5.35. The molecule has 2 aromatic rings. The Labute approximate surface area is 156 Å². The van der Waals surface area contributed by atoms with Crippen LogP contribution in [0.5, 0.6) is 0 Å². The van der Waals surface area contributed by atoms with Gasteiger partial charge in [0.05, 0.1) is 25.4 Å². The fraction of sp³-hybridized carbons (Fsp3) is 0.316. The Kier molecular flexibility index (Phi) is 6.26. The molecule has 2 unspecified atom stereocenters. The number of thiophene rings is 1. The Morgan fingerprint density at radius 1 is 1.44 bits per heavy atom. The molecule has 4 nitrogen and oxygen atoms in total. The molecule has 1 aliphatic rings. The summed E-state index contributed by atoms with van der Waals surface area (Å²) in [5, 5.41) is 13.0. The first-order valence-electron chi connectivity index (χ1n) is 8.17. The van der Waals surface area contributed by atoms with E-state index in [4.69, 9.17) is 16.3 Å². The van der Waals surface area contributed by atoms with E-state index in [-0.39, 0.29) is 11.9 Å². The van der Waals surface area contributed by atoms with Gasteiger partial charge in [0.1, 0.15) is 0 Å². The first-order chi connectivity index (χ1) is 12.1. The summed E-state index contributed by atoms with van der Waals surface area (Å²) in [7, 11) is 0. The summed E-state index contributed by atoms with van der Waals surface area (Å²) in [5.41, 5.74) is 0.879. The number of carbonyl (C=O) groups excluding carboxylic acids is 1. The highest BCUT2D eigenvalue weighted by Gasteiger charge is 2.28. The standard InChI is InChI=1S/C19H20ClNO3S/c20-15-4-1-3-14(11-15)6-7-19(23)21-8-9-24-13-16(21)12-17(22)18-5-2-10-25-18/h1-7,10-11,16-17,22H,8-9,12-13H2. The highest BCUT2D eigenvalue weighted by atomic mass is 35.5. The van der Waals surface area contributed by atoms with Crippen LogP contribution in [-0.4, -0.2) is 41.7 Å². The number of nitrogens with zero attached hydrogens (tertiary/aromatic N) is 1. The van der Waals surface area contributed by atoms with Crippen LogP contribution in [0.1, 0.15) is 23.0 Å². The van der Waals surface area contributed by atoms with Crippen LogP contribution in [0.4, 0.5) is 0 Å². The molecule has 1 fully saturated rings. The predicted molar refractivity (Wildman–Crippen MR) is 101 cm³/mol. The van der Waals surface area contributed by atoms with Crippen LogP contribution in [-0.2, 0) is 9.53 Å². The van der Waals surface area contributed by atoms with Crippen LogP contribution >= 0.6 is 22.9 Å². The highest BCUT2D eigenvalue weighted by molar-refractivity contribution is 7.10. The summed E-state index contributed by atoms with van der Waals surface area (Å²) in [6.07, 6.45) is 3.20. The fourth-order valence-electron chi connectivity index (χ4n) is 2.87. The minimum Gasteiger partial charge on any atom is -0.387 e. The van der Waals surface area contributed by atoms with Gasteiger partial charge in [-0.15, -0.1) is 11.3 Å². The topological polar surface area (TPSA) is 49.8 Å². The number of aliphatic hydroxyl groups excluding tert-OH is 1. The fourth-order valence-corrected chi connectivity index (χ4v) is 3.79. The van der Waals surface area contributed by atoms with Gasteiger partial charge < -0.3 is 14.7 Å². The molecule has 2 atom stereocenters. The average Bonchev–Trinajstić information content (AvgIpc) is 3.15. The monoisotopic (exact) mass is 377 g/mol. The number of morpholine rings is 1. The van der Waals surface area contributed by atoms with Crippen LogP contribution in [0.3, 0.4) is 0 Å². The summed E-state index contributed by atoms with van der Waals surface area (Å²) in [6, 6.07) is 11.0. The number of ether oxygens (including phenoxy) is 1. The lowest BCUT2D eigenvalue weighted by Crippen LogP contribution is -2.48. The van der Waals surface area contributed by atoms with Crippen molar-refractivity contribution in [2.24, 2.45) is 0 Å². The van der Waals surface area contributed by atoms with Crippen molar-refractivity contribution in [3.63, 3.8) is 0 Å². The zero-order valence-electron chi connectivity index (χ0n) is 13.7. The lowest BCUT2D eigenvalue weighted by Gasteiger charge is -2.36. The molecule has 1 saturated heterocycles. The lowest BCUT2D eigenvalue weighted by atomic mass is 10.1. The number of rotatable bonds is 5. The van der Waals surface area contributed by atoms with E-state index in [1.54, 1.807) is 23.1 Å². The lowest BCUT2D eigenvalue weighted by molar-refractivity contribution is -0.135. The van der Waals surface area contributed by atoms with Crippen molar-refractivity contribution in [3.8, 4) is 0 Å². The molecule has 1 aromatic carbocycles. The molecule has 3 rings (SSSR count). The van der Waals surface area contributed by atoms with E-state index >= 15 is 0 Å². The molecule has 6 heteroatoms. The van der Waals surface area contributed by atoms with Crippen molar-refractivity contribution in [3.05, 3.63) is 63.3 Å². The molecule has 1 N–H and O–H groups in total. The first-order valence-corrected chi connectivity index (χ1v) is 9.42. The van der Waals surface area contributed by atoms with E-state index in [1.807, 2.05) is 35.7 Å². The predicted octanol–water partition coefficient (Wildman–Crippen LogP) is 3.77. The SMILES string of the molecule is O=C(C=Cc1cccc(Cl)c1)N1CCOCC1CC(O)c1cccs1. The third kappa shape index (κ3) is 4.92. The van der Waals surface area contributed by atoms with E-state index in [9.17, 15) is 9.90 Å². The second-order valence-electron chi connectivity index (χ2n) is 5.92. The van der Waals surface area contributed by atoms with E-state index in [0.29, 0.717) is 31.2 Å². The van der Waals surface area contributed by atoms with Gasteiger partial charge in [0, 0.05) is 28.9 Å². The smallest absolute Gasteiger partial charge is 0.246 e. The molecule has 2 heterocycles. The molecule has 132 valence electrons. The first kappa shape index (κ1) is 18.1. The van der Waals surface area contributed by atoms with E-state index in [1.165, 1.54) is 11.3 Å². The Morgan fingerprint density at radius 3 is 3.08 bits per heavy atom. The summed E-state index contributed by atoms with van der Waals surface area (Å²) in [6.45, 7) is 1.49. The zero-order valence-corrected chi connectivity index (χ0v) is 15.2. The average molecular weight is 378 g/mol. The van der Waals surface area contributed by atoms with Crippen molar-refractivity contribution in [2.75, 3.05) is 19.8 Å². The van der Waals surface area contributed by atoms with Crippen LogP contribution < -0.4 is 0 Å². The molecule has 0 radical (unpaired) electrons. The Balaban J connectivity index is 1.66. The molecule has 25 heavy (non-hydrogen) atoms. The number of halogens is 1. The van der Waals surface area contributed by atoms with Crippen LogP contribution in [0.25, 0.3) is 6.08 Å². The van der Waals surface area contributed by atoms with Gasteiger partial charge in [-0.3, -0.25) is 4.79 Å². The number of carbonyl (C=O) groups is 1. The molecular weight excluding hydrogens is 358 g/mol. The molecule has 0 spiro atoms. The van der Waals surface area contributed by atoms with Crippen LogP contribution in [0, 0.1) is 0 Å². The molecule has 0 bridgehead atoms. The van der Waals surface area contributed by atoms with Gasteiger partial charge in [0.15, 0.2) is 0 Å². The highest BCUT2D eigenvalue weighted by Crippen LogP contribution is 2.26.